The number of carbonyl (C=O) groups excluding carboxylic acids is 1. The number of unbranched alkanes of at least 4 members (excludes halogenated alkanes) is 2. The molecule has 0 unspecified atom stereocenters. The van der Waals surface area contributed by atoms with Gasteiger partial charge in [0.05, 0.1) is 0 Å². The third-order valence-electron chi connectivity index (χ3n) is 2.51. The van der Waals surface area contributed by atoms with E-state index in [4.69, 9.17) is 5.26 Å². The van der Waals surface area contributed by atoms with E-state index in [1.54, 1.807) is 12.2 Å². The first-order chi connectivity index (χ1) is 9.21. The molecule has 0 aliphatic heterocycles. The largest absolute Gasteiger partial charge is 0.390 e. The van der Waals surface area contributed by atoms with Crippen LogP contribution in [0.2, 0.25) is 0 Å². The number of amides is 1. The number of carbonyl (C=O) groups is 1. The van der Waals surface area contributed by atoms with Gasteiger partial charge in [-0.05, 0) is 6.42 Å². The maximum Gasteiger partial charge on any atom is 0.266 e. The summed E-state index contributed by atoms with van der Waals surface area (Å²) in [7, 11) is 0. The van der Waals surface area contributed by atoms with Gasteiger partial charge in [-0.25, -0.2) is 0 Å². The van der Waals surface area contributed by atoms with E-state index in [9.17, 15) is 4.79 Å². The Morgan fingerprint density at radius 1 is 1.32 bits per heavy atom. The second-order valence-electron chi connectivity index (χ2n) is 4.12. The molecule has 1 N–H and O–H groups in total. The average Bonchev–Trinajstić information content (AvgIpc) is 2.42. The summed E-state index contributed by atoms with van der Waals surface area (Å²) in [5, 5.41) is 12.0. The van der Waals surface area contributed by atoms with E-state index in [0.717, 1.165) is 25.8 Å². The predicted octanol–water partition coefficient (Wildman–Crippen LogP) is 2.37. The monoisotopic (exact) mass is 261 g/mol. The first-order valence-electron chi connectivity index (χ1n) is 6.55. The van der Waals surface area contributed by atoms with Gasteiger partial charge in [-0.15, -0.1) is 13.2 Å². The molecule has 0 saturated heterocycles. The van der Waals surface area contributed by atoms with Crippen molar-refractivity contribution in [2.45, 2.75) is 26.2 Å². The summed E-state index contributed by atoms with van der Waals surface area (Å²) in [5.74, 6) is -0.301. The Kier molecular flexibility index (Phi) is 9.91. The molecule has 0 aromatic carbocycles. The summed E-state index contributed by atoms with van der Waals surface area (Å²) < 4.78 is 0. The van der Waals surface area contributed by atoms with Gasteiger partial charge in [0.1, 0.15) is 11.6 Å². The first kappa shape index (κ1) is 17.0. The molecule has 1 amide bonds. The van der Waals surface area contributed by atoms with E-state index in [1.165, 1.54) is 11.1 Å². The molecule has 104 valence electrons. The molecule has 0 saturated carbocycles. The Balaban J connectivity index is 4.50. The molecule has 0 radical (unpaired) electrons. The molecular formula is C15H23N3O. The number of nitrogens with one attached hydrogen (secondary N) is 1. The van der Waals surface area contributed by atoms with Crippen LogP contribution in [-0.2, 0) is 4.79 Å². The van der Waals surface area contributed by atoms with Crippen LogP contribution in [0.4, 0.5) is 0 Å². The molecule has 0 heterocycles. The summed E-state index contributed by atoms with van der Waals surface area (Å²) in [6.45, 7) is 10.9. The van der Waals surface area contributed by atoms with Crippen molar-refractivity contribution < 1.29 is 4.79 Å². The minimum Gasteiger partial charge on any atom is -0.390 e. The SMILES string of the molecule is C=CCN(CC=C)C(=O)/C(C#N)=C\NCCCCC. The van der Waals surface area contributed by atoms with Gasteiger partial charge in [-0.3, -0.25) is 4.79 Å². The maximum absolute atomic E-state index is 12.1. The summed E-state index contributed by atoms with van der Waals surface area (Å²) in [4.78, 5) is 13.6. The lowest BCUT2D eigenvalue weighted by Crippen LogP contribution is -2.32. The summed E-state index contributed by atoms with van der Waals surface area (Å²) >= 11 is 0. The van der Waals surface area contributed by atoms with E-state index in [1.807, 2.05) is 6.07 Å². The van der Waals surface area contributed by atoms with Crippen molar-refractivity contribution in [3.8, 4) is 6.07 Å². The molecule has 0 aromatic rings. The number of nitrogens with zero attached hydrogens (tertiary/aromatic N) is 2. The topological polar surface area (TPSA) is 56.1 Å². The molecule has 4 heteroatoms. The third kappa shape index (κ3) is 7.10. The van der Waals surface area contributed by atoms with Crippen LogP contribution in [0, 0.1) is 11.3 Å². The molecule has 0 aliphatic carbocycles. The predicted molar refractivity (Wildman–Crippen MR) is 78.2 cm³/mol. The van der Waals surface area contributed by atoms with Crippen molar-refractivity contribution >= 4 is 5.91 Å². The minimum atomic E-state index is -0.301. The molecular weight excluding hydrogens is 238 g/mol. The molecule has 19 heavy (non-hydrogen) atoms. The minimum absolute atomic E-state index is 0.111. The molecule has 0 bridgehead atoms. The summed E-state index contributed by atoms with van der Waals surface area (Å²) in [6.07, 6.45) is 8.06. The molecule has 0 spiro atoms. The lowest BCUT2D eigenvalue weighted by atomic mass is 10.2. The van der Waals surface area contributed by atoms with E-state index in [-0.39, 0.29) is 11.5 Å². The standard InChI is InChI=1S/C15H23N3O/c1-4-7-8-9-17-13-14(12-16)15(19)18(10-5-2)11-6-3/h5-6,13,17H,2-4,7-11H2,1H3/b14-13-. The van der Waals surface area contributed by atoms with Gasteiger partial charge in [0, 0.05) is 25.8 Å². The third-order valence-corrected chi connectivity index (χ3v) is 2.51. The Bertz CT molecular complexity index is 356. The van der Waals surface area contributed by atoms with Crippen molar-refractivity contribution in [3.05, 3.63) is 37.1 Å². The Labute approximate surface area is 116 Å². The van der Waals surface area contributed by atoms with Gasteiger partial charge in [0.25, 0.3) is 5.91 Å². The Hall–Kier alpha value is -2.02. The molecule has 0 aromatic heterocycles. The fraction of sp³-hybridized carbons (Fsp3) is 0.467. The van der Waals surface area contributed by atoms with Crippen molar-refractivity contribution in [2.24, 2.45) is 0 Å². The molecule has 0 rings (SSSR count). The van der Waals surface area contributed by atoms with Crippen LogP contribution in [-0.4, -0.2) is 30.4 Å². The summed E-state index contributed by atoms with van der Waals surface area (Å²) in [5.41, 5.74) is 0.111. The lowest BCUT2D eigenvalue weighted by molar-refractivity contribution is -0.125. The lowest BCUT2D eigenvalue weighted by Gasteiger charge is -2.18. The number of nitriles is 1. The van der Waals surface area contributed by atoms with Crippen LogP contribution in [0.1, 0.15) is 26.2 Å². The van der Waals surface area contributed by atoms with Crippen LogP contribution >= 0.6 is 0 Å². The van der Waals surface area contributed by atoms with Crippen LogP contribution in [0.15, 0.2) is 37.1 Å². The highest BCUT2D eigenvalue weighted by atomic mass is 16.2. The molecule has 0 atom stereocenters. The van der Waals surface area contributed by atoms with E-state index < -0.39 is 0 Å². The molecule has 0 aliphatic rings. The van der Waals surface area contributed by atoms with Gasteiger partial charge < -0.3 is 10.2 Å². The average molecular weight is 261 g/mol. The molecule has 4 nitrogen and oxygen atoms in total. The normalized spacial score (nSPS) is 10.4. The Morgan fingerprint density at radius 3 is 2.42 bits per heavy atom. The maximum atomic E-state index is 12.1. The smallest absolute Gasteiger partial charge is 0.266 e. The van der Waals surface area contributed by atoms with Crippen molar-refractivity contribution in [1.82, 2.24) is 10.2 Å². The fourth-order valence-electron chi connectivity index (χ4n) is 1.52. The van der Waals surface area contributed by atoms with E-state index >= 15 is 0 Å². The van der Waals surface area contributed by atoms with Gasteiger partial charge in [0.2, 0.25) is 0 Å². The van der Waals surface area contributed by atoms with Crippen LogP contribution in [0.3, 0.4) is 0 Å². The van der Waals surface area contributed by atoms with Crippen LogP contribution in [0.25, 0.3) is 0 Å². The quantitative estimate of drug-likeness (QED) is 0.284. The molecule has 0 fully saturated rings. The highest BCUT2D eigenvalue weighted by Crippen LogP contribution is 2.01. The number of hydrogen-bond acceptors (Lipinski definition) is 3. The number of rotatable bonds is 10. The van der Waals surface area contributed by atoms with Crippen molar-refractivity contribution in [2.75, 3.05) is 19.6 Å². The van der Waals surface area contributed by atoms with E-state index in [0.29, 0.717) is 13.1 Å². The van der Waals surface area contributed by atoms with Crippen LogP contribution < -0.4 is 5.32 Å². The van der Waals surface area contributed by atoms with Crippen molar-refractivity contribution in [3.63, 3.8) is 0 Å². The highest BCUT2D eigenvalue weighted by Gasteiger charge is 2.15. The fourth-order valence-corrected chi connectivity index (χ4v) is 1.52. The second-order valence-corrected chi connectivity index (χ2v) is 4.12. The highest BCUT2D eigenvalue weighted by molar-refractivity contribution is 5.97. The zero-order valence-electron chi connectivity index (χ0n) is 11.7. The van der Waals surface area contributed by atoms with Gasteiger partial charge >= 0.3 is 0 Å². The van der Waals surface area contributed by atoms with E-state index in [2.05, 4.69) is 25.4 Å². The van der Waals surface area contributed by atoms with Gasteiger partial charge in [0.15, 0.2) is 0 Å². The number of hydrogen-bond donors (Lipinski definition) is 1. The summed E-state index contributed by atoms with van der Waals surface area (Å²) in [6, 6.07) is 1.93. The van der Waals surface area contributed by atoms with Crippen molar-refractivity contribution in [1.29, 1.82) is 5.26 Å². The Morgan fingerprint density at radius 2 is 1.95 bits per heavy atom. The van der Waals surface area contributed by atoms with Gasteiger partial charge in [-0.2, -0.15) is 5.26 Å². The first-order valence-corrected chi connectivity index (χ1v) is 6.55. The zero-order chi connectivity index (χ0) is 14.5. The van der Waals surface area contributed by atoms with Gasteiger partial charge in [-0.1, -0.05) is 31.9 Å². The second kappa shape index (κ2) is 11.1. The van der Waals surface area contributed by atoms with Crippen LogP contribution in [0.5, 0.6) is 0 Å². The zero-order valence-corrected chi connectivity index (χ0v) is 11.7.